The molecule has 0 saturated carbocycles. The third kappa shape index (κ3) is 6.80. The van der Waals surface area contributed by atoms with Crippen LogP contribution in [-0.4, -0.2) is 5.92 Å². The Morgan fingerprint density at radius 2 is 1.17 bits per heavy atom. The van der Waals surface area contributed by atoms with Crippen LogP contribution in [0.1, 0.15) is 122 Å². The van der Waals surface area contributed by atoms with E-state index in [2.05, 4.69) is 180 Å². The molecular weight excluding hydrogens is 767 g/mol. The summed E-state index contributed by atoms with van der Waals surface area (Å²) in [6, 6.07) is 30.1. The molecule has 0 radical (unpaired) electrons. The van der Waals surface area contributed by atoms with Gasteiger partial charge in [0.2, 0.25) is 0 Å². The molecule has 275 valence electrons. The van der Waals surface area contributed by atoms with Crippen molar-refractivity contribution in [2.45, 2.75) is 114 Å². The van der Waals surface area contributed by atoms with Crippen molar-refractivity contribution in [1.29, 1.82) is 0 Å². The maximum absolute atomic E-state index is 8.88. The second-order valence-electron chi connectivity index (χ2n) is 19.1. The van der Waals surface area contributed by atoms with E-state index in [1.807, 2.05) is 0 Å². The van der Waals surface area contributed by atoms with Gasteiger partial charge in [0, 0.05) is 0 Å². The van der Waals surface area contributed by atoms with Crippen molar-refractivity contribution in [2.24, 2.45) is 11.8 Å². The number of hydrogen-bond donors (Lipinski definition) is 0. The number of benzene rings is 4. The summed E-state index contributed by atoms with van der Waals surface area (Å²) in [4.78, 5) is 0. The van der Waals surface area contributed by atoms with Gasteiger partial charge < -0.3 is 0 Å². The molecule has 0 amide bonds. The number of aryl methyl sites for hydroxylation is 1. The van der Waals surface area contributed by atoms with E-state index < -0.39 is 21.5 Å². The molecule has 0 spiro atoms. The Bertz CT molecular complexity index is 2050. The van der Waals surface area contributed by atoms with Gasteiger partial charge >= 0.3 is 327 Å². The molecule has 0 fully saturated rings. The normalized spacial score (nSPS) is 18.4. The van der Waals surface area contributed by atoms with E-state index in [0.29, 0.717) is 11.8 Å². The Hall–Kier alpha value is -1.96. The van der Waals surface area contributed by atoms with Crippen LogP contribution >= 0.6 is 17.0 Å². The Kier molecular flexibility index (Phi) is 10.7. The van der Waals surface area contributed by atoms with E-state index in [1.54, 1.807) is 0 Å². The first-order chi connectivity index (χ1) is 24.1. The zero-order valence-corrected chi connectivity index (χ0v) is 39.1. The molecule has 0 heterocycles. The molecule has 2 aliphatic carbocycles. The van der Waals surface area contributed by atoms with Crippen LogP contribution in [0.4, 0.5) is 0 Å². The van der Waals surface area contributed by atoms with Crippen LogP contribution in [0.25, 0.3) is 34.4 Å². The Morgan fingerprint density at radius 3 is 1.63 bits per heavy atom. The van der Waals surface area contributed by atoms with Crippen molar-refractivity contribution in [3.05, 3.63) is 129 Å². The number of fused-ring (bicyclic) bond motifs is 2. The van der Waals surface area contributed by atoms with E-state index in [9.17, 15) is 0 Å². The summed E-state index contributed by atoms with van der Waals surface area (Å²) >= 11 is -4.96. The van der Waals surface area contributed by atoms with E-state index in [4.69, 9.17) is 17.0 Å². The predicted octanol–water partition coefficient (Wildman–Crippen LogP) is 15.2. The van der Waals surface area contributed by atoms with Crippen molar-refractivity contribution < 1.29 is 15.6 Å². The standard InChI is InChI=1S/C24H29.C22H25.C2H7Si.2ClH.Zr/c1-16(2)13-18-14-22-17(3)7-12-21(23(22)15-18)19-8-10-20(11-9-19)24(4,5)6;1-15(2)18-13-17-7-6-8-20(21(17)14-18)16-9-11-19(12-10-16)22(3,4)5;1-3-2;;;/h7-12,14-16H,13H2,1-6H3;6-15H,1-5H3;3H,1-2H3;2*1H;/q;;;;;+2/p-2. The third-order valence-corrected chi connectivity index (χ3v) is 63.9. The van der Waals surface area contributed by atoms with Crippen LogP contribution in [0, 0.1) is 18.8 Å². The van der Waals surface area contributed by atoms with Gasteiger partial charge in [-0.15, -0.1) is 0 Å². The molecule has 52 heavy (non-hydrogen) atoms. The first-order valence-corrected chi connectivity index (χ1v) is 35.9. The van der Waals surface area contributed by atoms with E-state index in [0.717, 1.165) is 6.42 Å². The fourth-order valence-electron chi connectivity index (χ4n) is 9.19. The average Bonchev–Trinajstić information content (AvgIpc) is 3.65. The SMILES string of the molecule is Cc1ccc(-c2ccc(C(C)(C)C)cc2)c2c1[CH]([Zr]([Cl])([Cl])([CH]1C(C(C)C)=Cc3c(-c4ccc(C(C)(C)C)cc4)cccc31)[SiH](C)C)C(CC(C)C)=C2. The Balaban J connectivity index is 1.59. The van der Waals surface area contributed by atoms with Crippen molar-refractivity contribution in [3.8, 4) is 22.3 Å². The van der Waals surface area contributed by atoms with Gasteiger partial charge in [-0.2, -0.15) is 0 Å². The van der Waals surface area contributed by atoms with Crippen LogP contribution in [0.2, 0.25) is 13.1 Å². The summed E-state index contributed by atoms with van der Waals surface area (Å²) in [5, 5.41) is 0. The van der Waals surface area contributed by atoms with Crippen LogP contribution in [0.3, 0.4) is 0 Å². The molecule has 0 nitrogen and oxygen atoms in total. The molecular formula is C48H61Cl2SiZr. The second-order valence-corrected chi connectivity index (χ2v) is 61.6. The number of allylic oxidation sites excluding steroid dienone is 2. The summed E-state index contributed by atoms with van der Waals surface area (Å²) in [6.45, 7) is 30.4. The molecule has 0 aromatic heterocycles. The van der Waals surface area contributed by atoms with Crippen LogP contribution in [0.15, 0.2) is 90.0 Å². The van der Waals surface area contributed by atoms with Crippen LogP contribution < -0.4 is 0 Å². The van der Waals surface area contributed by atoms with Gasteiger partial charge in [-0.25, -0.2) is 0 Å². The number of rotatable bonds is 8. The van der Waals surface area contributed by atoms with Crippen molar-refractivity contribution in [3.63, 3.8) is 0 Å². The number of hydrogen-bond acceptors (Lipinski definition) is 0. The summed E-state index contributed by atoms with van der Waals surface area (Å²) in [5.74, 6) is -0.865. The molecule has 0 aliphatic heterocycles. The van der Waals surface area contributed by atoms with Gasteiger partial charge in [0.15, 0.2) is 0 Å². The van der Waals surface area contributed by atoms with E-state index in [1.165, 1.54) is 72.3 Å². The van der Waals surface area contributed by atoms with Gasteiger partial charge in [-0.05, 0) is 0 Å². The third-order valence-electron chi connectivity index (χ3n) is 12.2. The second kappa shape index (κ2) is 14.0. The molecule has 2 aliphatic rings. The molecule has 2 atom stereocenters. The van der Waals surface area contributed by atoms with Crippen LogP contribution in [-0.2, 0) is 26.4 Å². The van der Waals surface area contributed by atoms with E-state index in [-0.39, 0.29) is 18.1 Å². The molecule has 4 aromatic rings. The topological polar surface area (TPSA) is 0 Å². The fraction of sp³-hybridized carbons (Fsp3) is 0.417. The summed E-state index contributed by atoms with van der Waals surface area (Å²) in [7, 11) is 17.8. The molecule has 0 bridgehead atoms. The summed E-state index contributed by atoms with van der Waals surface area (Å²) in [5.41, 5.74) is 17.7. The molecule has 6 rings (SSSR count). The molecule has 0 saturated heterocycles. The minimum absolute atomic E-state index is 0.0703. The van der Waals surface area contributed by atoms with Crippen molar-refractivity contribution in [1.82, 2.24) is 0 Å². The van der Waals surface area contributed by atoms with Gasteiger partial charge in [-0.3, -0.25) is 0 Å². The van der Waals surface area contributed by atoms with Crippen molar-refractivity contribution >= 4 is 35.1 Å². The molecule has 4 aromatic carbocycles. The maximum atomic E-state index is 8.88. The Morgan fingerprint density at radius 1 is 0.654 bits per heavy atom. The number of halogens is 2. The average molecular weight is 828 g/mol. The quantitative estimate of drug-likeness (QED) is 0.155. The van der Waals surface area contributed by atoms with Gasteiger partial charge in [0.25, 0.3) is 0 Å². The zero-order valence-electron chi connectivity index (χ0n) is 34.0. The van der Waals surface area contributed by atoms with Crippen molar-refractivity contribution in [2.75, 3.05) is 0 Å². The van der Waals surface area contributed by atoms with Gasteiger partial charge in [0.1, 0.15) is 0 Å². The Labute approximate surface area is 324 Å². The predicted molar refractivity (Wildman–Crippen MR) is 232 cm³/mol. The first-order valence-electron chi connectivity index (χ1n) is 19.6. The molecule has 2 unspecified atom stereocenters. The molecule has 4 heteroatoms. The first kappa shape index (κ1) is 39.7. The molecule has 0 N–H and O–H groups in total. The summed E-state index contributed by atoms with van der Waals surface area (Å²) in [6.07, 6.45) is 6.05. The fourth-order valence-corrected chi connectivity index (χ4v) is 40.7. The van der Waals surface area contributed by atoms with Gasteiger partial charge in [0.05, 0.1) is 0 Å². The van der Waals surface area contributed by atoms with Gasteiger partial charge in [-0.1, -0.05) is 0 Å². The van der Waals surface area contributed by atoms with Crippen LogP contribution in [0.5, 0.6) is 0 Å². The minimum atomic E-state index is -4.96. The van der Waals surface area contributed by atoms with E-state index >= 15 is 0 Å². The summed E-state index contributed by atoms with van der Waals surface area (Å²) < 4.78 is 0.149. The monoisotopic (exact) mass is 825 g/mol. The zero-order chi connectivity index (χ0) is 38.2.